The SMILES string of the molecule is O=C(Cc1ccccc1)NCc1nnc2n1CCN(Cc1ccsc1)CC2. The minimum absolute atomic E-state index is 0.00579. The van der Waals surface area contributed by atoms with E-state index in [1.165, 1.54) is 5.56 Å². The number of fused-ring (bicyclic) bond motifs is 1. The predicted molar refractivity (Wildman–Crippen MR) is 105 cm³/mol. The van der Waals surface area contributed by atoms with Crippen LogP contribution in [0, 0.1) is 0 Å². The monoisotopic (exact) mass is 381 g/mol. The molecule has 0 saturated heterocycles. The van der Waals surface area contributed by atoms with E-state index >= 15 is 0 Å². The fourth-order valence-corrected chi connectivity index (χ4v) is 4.04. The van der Waals surface area contributed by atoms with Gasteiger partial charge in [0.05, 0.1) is 13.0 Å². The Morgan fingerprint density at radius 2 is 1.96 bits per heavy atom. The van der Waals surface area contributed by atoms with Crippen molar-refractivity contribution < 1.29 is 4.79 Å². The Bertz CT molecular complexity index is 875. The highest BCUT2D eigenvalue weighted by molar-refractivity contribution is 7.07. The molecule has 3 aromatic rings. The summed E-state index contributed by atoms with van der Waals surface area (Å²) in [6.45, 7) is 4.20. The van der Waals surface area contributed by atoms with E-state index in [4.69, 9.17) is 0 Å². The summed E-state index contributed by atoms with van der Waals surface area (Å²) in [6.07, 6.45) is 1.27. The van der Waals surface area contributed by atoms with Gasteiger partial charge in [0.2, 0.25) is 5.91 Å². The number of amides is 1. The van der Waals surface area contributed by atoms with Gasteiger partial charge in [-0.3, -0.25) is 9.69 Å². The van der Waals surface area contributed by atoms with Crippen molar-refractivity contribution in [1.29, 1.82) is 0 Å². The molecule has 1 N–H and O–H groups in total. The molecule has 1 aliphatic heterocycles. The van der Waals surface area contributed by atoms with Gasteiger partial charge < -0.3 is 9.88 Å². The van der Waals surface area contributed by atoms with Crippen LogP contribution >= 0.6 is 11.3 Å². The predicted octanol–water partition coefficient (Wildman–Crippen LogP) is 2.26. The second-order valence-electron chi connectivity index (χ2n) is 6.78. The average Bonchev–Trinajstić information content (AvgIpc) is 3.28. The number of aromatic nitrogens is 3. The normalized spacial score (nSPS) is 14.5. The summed E-state index contributed by atoms with van der Waals surface area (Å²) in [7, 11) is 0. The maximum Gasteiger partial charge on any atom is 0.224 e. The van der Waals surface area contributed by atoms with Crippen molar-refractivity contribution in [3.63, 3.8) is 0 Å². The summed E-state index contributed by atoms with van der Waals surface area (Å²) in [4.78, 5) is 14.7. The van der Waals surface area contributed by atoms with Gasteiger partial charge in [0, 0.05) is 32.6 Å². The second kappa shape index (κ2) is 8.45. The van der Waals surface area contributed by atoms with Crippen molar-refractivity contribution >= 4 is 17.2 Å². The Hall–Kier alpha value is -2.51. The minimum atomic E-state index is 0.00579. The first-order chi connectivity index (χ1) is 13.3. The lowest BCUT2D eigenvalue weighted by molar-refractivity contribution is -0.120. The van der Waals surface area contributed by atoms with E-state index in [2.05, 4.69) is 41.8 Å². The number of hydrogen-bond acceptors (Lipinski definition) is 5. The van der Waals surface area contributed by atoms with E-state index < -0.39 is 0 Å². The molecule has 0 atom stereocenters. The van der Waals surface area contributed by atoms with Gasteiger partial charge in [-0.1, -0.05) is 30.3 Å². The Morgan fingerprint density at radius 3 is 2.78 bits per heavy atom. The zero-order valence-electron chi connectivity index (χ0n) is 15.2. The molecule has 2 aromatic heterocycles. The Balaban J connectivity index is 1.32. The summed E-state index contributed by atoms with van der Waals surface area (Å²) in [5.41, 5.74) is 2.38. The lowest BCUT2D eigenvalue weighted by Crippen LogP contribution is -2.28. The van der Waals surface area contributed by atoms with Crippen LogP contribution in [0.25, 0.3) is 0 Å². The van der Waals surface area contributed by atoms with Crippen LogP contribution < -0.4 is 5.32 Å². The van der Waals surface area contributed by atoms with Crippen LogP contribution in [0.5, 0.6) is 0 Å². The maximum atomic E-state index is 12.2. The Morgan fingerprint density at radius 1 is 1.07 bits per heavy atom. The third-order valence-electron chi connectivity index (χ3n) is 4.83. The quantitative estimate of drug-likeness (QED) is 0.711. The van der Waals surface area contributed by atoms with Gasteiger partial charge in [-0.15, -0.1) is 10.2 Å². The molecule has 0 aliphatic carbocycles. The van der Waals surface area contributed by atoms with Gasteiger partial charge in [0.25, 0.3) is 0 Å². The van der Waals surface area contributed by atoms with Crippen molar-refractivity contribution in [3.8, 4) is 0 Å². The van der Waals surface area contributed by atoms with Gasteiger partial charge in [0.15, 0.2) is 5.82 Å². The molecule has 0 spiro atoms. The zero-order valence-corrected chi connectivity index (χ0v) is 16.0. The summed E-state index contributed by atoms with van der Waals surface area (Å²) < 4.78 is 2.16. The number of carbonyl (C=O) groups is 1. The highest BCUT2D eigenvalue weighted by atomic mass is 32.1. The molecule has 27 heavy (non-hydrogen) atoms. The molecule has 0 radical (unpaired) electrons. The fourth-order valence-electron chi connectivity index (χ4n) is 3.38. The van der Waals surface area contributed by atoms with Crippen LogP contribution in [0.1, 0.15) is 22.8 Å². The highest BCUT2D eigenvalue weighted by Crippen LogP contribution is 2.14. The number of rotatable bonds is 6. The molecule has 4 rings (SSSR count). The van der Waals surface area contributed by atoms with Crippen LogP contribution in [0.15, 0.2) is 47.2 Å². The van der Waals surface area contributed by atoms with Crippen molar-refractivity contribution in [2.45, 2.75) is 32.5 Å². The van der Waals surface area contributed by atoms with Crippen molar-refractivity contribution in [1.82, 2.24) is 25.0 Å². The number of carbonyl (C=O) groups excluding carboxylic acids is 1. The smallest absolute Gasteiger partial charge is 0.224 e. The lowest BCUT2D eigenvalue weighted by Gasteiger charge is -2.18. The topological polar surface area (TPSA) is 63.1 Å². The Labute approximate surface area is 162 Å². The van der Waals surface area contributed by atoms with E-state index in [0.29, 0.717) is 13.0 Å². The summed E-state index contributed by atoms with van der Waals surface area (Å²) in [5, 5.41) is 16.0. The first-order valence-corrected chi connectivity index (χ1v) is 10.2. The molecule has 1 aliphatic rings. The van der Waals surface area contributed by atoms with Gasteiger partial charge in [-0.05, 0) is 28.0 Å². The van der Waals surface area contributed by atoms with Crippen molar-refractivity contribution in [2.24, 2.45) is 0 Å². The van der Waals surface area contributed by atoms with Crippen LogP contribution in [-0.2, 0) is 37.3 Å². The molecular formula is C20H23N5OS. The summed E-state index contributed by atoms with van der Waals surface area (Å²) in [6, 6.07) is 12.0. The molecule has 0 fully saturated rings. The highest BCUT2D eigenvalue weighted by Gasteiger charge is 2.19. The first-order valence-electron chi connectivity index (χ1n) is 9.23. The van der Waals surface area contributed by atoms with Crippen LogP contribution in [0.2, 0.25) is 0 Å². The third-order valence-corrected chi connectivity index (χ3v) is 5.56. The molecule has 6 nitrogen and oxygen atoms in total. The first kappa shape index (κ1) is 17.9. The van der Waals surface area contributed by atoms with Gasteiger partial charge in [-0.2, -0.15) is 11.3 Å². The molecule has 1 aromatic carbocycles. The van der Waals surface area contributed by atoms with Gasteiger partial charge >= 0.3 is 0 Å². The van der Waals surface area contributed by atoms with Crippen LogP contribution in [-0.4, -0.2) is 38.7 Å². The third kappa shape index (κ3) is 4.61. The maximum absolute atomic E-state index is 12.2. The summed E-state index contributed by atoms with van der Waals surface area (Å²) in [5.74, 6) is 1.85. The van der Waals surface area contributed by atoms with Crippen molar-refractivity contribution in [2.75, 3.05) is 13.1 Å². The van der Waals surface area contributed by atoms with Gasteiger partial charge in [0.1, 0.15) is 5.82 Å². The molecule has 140 valence electrons. The van der Waals surface area contributed by atoms with E-state index in [1.54, 1.807) is 11.3 Å². The standard InChI is InChI=1S/C20H23N5OS/c26-20(12-16-4-2-1-3-5-16)21-13-19-23-22-18-6-8-24(9-10-25(18)19)14-17-7-11-27-15-17/h1-5,7,11,15H,6,8-10,12-14H2,(H,21,26). The fraction of sp³-hybridized carbons (Fsp3) is 0.350. The molecule has 0 unspecified atom stereocenters. The van der Waals surface area contributed by atoms with Gasteiger partial charge in [-0.25, -0.2) is 0 Å². The number of thiophene rings is 1. The molecule has 0 bridgehead atoms. The summed E-state index contributed by atoms with van der Waals surface area (Å²) >= 11 is 1.74. The van der Waals surface area contributed by atoms with E-state index in [-0.39, 0.29) is 5.91 Å². The van der Waals surface area contributed by atoms with E-state index in [0.717, 1.165) is 49.8 Å². The van der Waals surface area contributed by atoms with Crippen LogP contribution in [0.4, 0.5) is 0 Å². The van der Waals surface area contributed by atoms with Crippen LogP contribution in [0.3, 0.4) is 0 Å². The Kier molecular flexibility index (Phi) is 5.60. The molecular weight excluding hydrogens is 358 g/mol. The van der Waals surface area contributed by atoms with E-state index in [9.17, 15) is 4.79 Å². The number of nitrogens with zero attached hydrogens (tertiary/aromatic N) is 4. The number of nitrogens with one attached hydrogen (secondary N) is 1. The molecule has 7 heteroatoms. The molecule has 1 amide bonds. The zero-order chi connectivity index (χ0) is 18.5. The molecule has 0 saturated carbocycles. The van der Waals surface area contributed by atoms with Crippen molar-refractivity contribution in [3.05, 3.63) is 69.9 Å². The number of benzene rings is 1. The lowest BCUT2D eigenvalue weighted by atomic mass is 10.1. The largest absolute Gasteiger partial charge is 0.349 e. The van der Waals surface area contributed by atoms with E-state index in [1.807, 2.05) is 30.3 Å². The number of hydrogen-bond donors (Lipinski definition) is 1. The molecule has 3 heterocycles. The average molecular weight is 382 g/mol. The second-order valence-corrected chi connectivity index (χ2v) is 7.56. The minimum Gasteiger partial charge on any atom is -0.349 e.